The summed E-state index contributed by atoms with van der Waals surface area (Å²) in [7, 11) is 0. The number of ether oxygens (including phenoxy) is 2. The quantitative estimate of drug-likeness (QED) is 0.565. The van der Waals surface area contributed by atoms with Crippen molar-refractivity contribution in [3.05, 3.63) is 12.3 Å². The van der Waals surface area contributed by atoms with E-state index in [1.54, 1.807) is 0 Å². The van der Waals surface area contributed by atoms with Crippen LogP contribution in [-0.2, 0) is 14.3 Å². The van der Waals surface area contributed by atoms with Crippen molar-refractivity contribution in [1.82, 2.24) is 0 Å². The SMILES string of the molecule is C=C1OC(CC)(C23CC4CC(CC(C4)C2)C3)OC1=O. The molecular formula is C16H22O3. The predicted molar refractivity (Wildman–Crippen MR) is 69.9 cm³/mol. The Hall–Kier alpha value is -0.990. The molecule has 0 aromatic heterocycles. The Kier molecular flexibility index (Phi) is 2.21. The predicted octanol–water partition coefficient (Wildman–Crippen LogP) is 3.40. The maximum atomic E-state index is 11.8. The van der Waals surface area contributed by atoms with Gasteiger partial charge in [-0.1, -0.05) is 6.92 Å². The minimum atomic E-state index is -0.711. The largest absolute Gasteiger partial charge is 0.445 e. The standard InChI is InChI=1S/C16H22O3/c1-3-16(18-10(2)14(17)19-16)15-7-11-4-12(8-15)6-13(5-11)9-15/h11-13H,2-9H2,1H3. The molecule has 1 heterocycles. The Morgan fingerprint density at radius 3 is 2.00 bits per heavy atom. The fourth-order valence-electron chi connectivity index (χ4n) is 5.78. The second kappa shape index (κ2) is 3.56. The first-order valence-electron chi connectivity index (χ1n) is 7.67. The van der Waals surface area contributed by atoms with Gasteiger partial charge >= 0.3 is 5.97 Å². The number of hydrogen-bond acceptors (Lipinski definition) is 3. The molecule has 1 unspecified atom stereocenters. The lowest BCUT2D eigenvalue weighted by Crippen LogP contribution is -2.58. The summed E-state index contributed by atoms with van der Waals surface area (Å²) in [4.78, 5) is 11.8. The highest BCUT2D eigenvalue weighted by molar-refractivity contribution is 5.87. The van der Waals surface area contributed by atoms with Crippen LogP contribution < -0.4 is 0 Å². The monoisotopic (exact) mass is 262 g/mol. The molecule has 0 spiro atoms. The molecule has 4 saturated carbocycles. The lowest BCUT2D eigenvalue weighted by molar-refractivity contribution is -0.272. The Bertz CT molecular complexity index is 400. The molecule has 3 nitrogen and oxygen atoms in total. The van der Waals surface area contributed by atoms with Gasteiger partial charge in [0, 0.05) is 11.8 Å². The van der Waals surface area contributed by atoms with Crippen LogP contribution in [0.1, 0.15) is 51.9 Å². The molecule has 3 heteroatoms. The van der Waals surface area contributed by atoms with Crippen molar-refractivity contribution in [2.24, 2.45) is 23.2 Å². The zero-order valence-electron chi connectivity index (χ0n) is 11.6. The van der Waals surface area contributed by atoms with Gasteiger partial charge in [-0.15, -0.1) is 0 Å². The van der Waals surface area contributed by atoms with Crippen molar-refractivity contribution in [3.8, 4) is 0 Å². The zero-order valence-corrected chi connectivity index (χ0v) is 11.6. The molecule has 5 rings (SSSR count). The van der Waals surface area contributed by atoms with Gasteiger partial charge in [-0.25, -0.2) is 4.79 Å². The van der Waals surface area contributed by atoms with E-state index in [4.69, 9.17) is 9.47 Å². The van der Waals surface area contributed by atoms with Crippen molar-refractivity contribution in [2.45, 2.75) is 57.7 Å². The first kappa shape index (κ1) is 11.8. The highest BCUT2D eigenvalue weighted by Gasteiger charge is 2.65. The van der Waals surface area contributed by atoms with E-state index in [0.29, 0.717) is 0 Å². The van der Waals surface area contributed by atoms with Gasteiger partial charge in [0.05, 0.1) is 0 Å². The molecule has 0 aromatic rings. The molecule has 4 aliphatic carbocycles. The van der Waals surface area contributed by atoms with Crippen molar-refractivity contribution < 1.29 is 14.3 Å². The average molecular weight is 262 g/mol. The number of carbonyl (C=O) groups excluding carboxylic acids is 1. The molecule has 19 heavy (non-hydrogen) atoms. The lowest BCUT2D eigenvalue weighted by Gasteiger charge is -2.60. The van der Waals surface area contributed by atoms with E-state index < -0.39 is 5.79 Å². The topological polar surface area (TPSA) is 35.5 Å². The Morgan fingerprint density at radius 2 is 1.63 bits per heavy atom. The Morgan fingerprint density at radius 1 is 1.11 bits per heavy atom. The van der Waals surface area contributed by atoms with E-state index in [2.05, 4.69) is 13.5 Å². The third kappa shape index (κ3) is 1.42. The molecule has 5 aliphatic rings. The number of carbonyl (C=O) groups is 1. The number of rotatable bonds is 2. The second-order valence-electron chi connectivity index (χ2n) is 7.22. The summed E-state index contributed by atoms with van der Waals surface area (Å²) in [5.41, 5.74) is 0.0611. The summed E-state index contributed by atoms with van der Waals surface area (Å²) in [6, 6.07) is 0. The third-order valence-electron chi connectivity index (χ3n) is 6.09. The van der Waals surface area contributed by atoms with Crippen LogP contribution in [-0.4, -0.2) is 11.8 Å². The van der Waals surface area contributed by atoms with Crippen molar-refractivity contribution in [2.75, 3.05) is 0 Å². The van der Waals surface area contributed by atoms with Crippen molar-refractivity contribution in [1.29, 1.82) is 0 Å². The molecule has 104 valence electrons. The molecule has 0 aromatic carbocycles. The number of hydrogen-bond donors (Lipinski definition) is 0. The van der Waals surface area contributed by atoms with Crippen LogP contribution >= 0.6 is 0 Å². The van der Waals surface area contributed by atoms with Crippen LogP contribution in [0, 0.1) is 23.2 Å². The van der Waals surface area contributed by atoms with Gasteiger partial charge in [0.1, 0.15) is 0 Å². The third-order valence-corrected chi connectivity index (χ3v) is 6.09. The molecule has 0 radical (unpaired) electrons. The van der Waals surface area contributed by atoms with Crippen LogP contribution in [0.25, 0.3) is 0 Å². The van der Waals surface area contributed by atoms with Crippen LogP contribution in [0.4, 0.5) is 0 Å². The summed E-state index contributed by atoms with van der Waals surface area (Å²) >= 11 is 0. The van der Waals surface area contributed by atoms with E-state index in [1.165, 1.54) is 38.5 Å². The van der Waals surface area contributed by atoms with Crippen LogP contribution in [0.3, 0.4) is 0 Å². The fourth-order valence-corrected chi connectivity index (χ4v) is 5.78. The summed E-state index contributed by atoms with van der Waals surface area (Å²) in [5, 5.41) is 0. The molecule has 5 fully saturated rings. The molecule has 1 saturated heterocycles. The number of cyclic esters (lactones) is 1. The van der Waals surface area contributed by atoms with Gasteiger partial charge in [0.15, 0.2) is 0 Å². The minimum Gasteiger partial charge on any atom is -0.445 e. The normalized spacial score (nSPS) is 51.3. The summed E-state index contributed by atoms with van der Waals surface area (Å²) in [6.45, 7) is 5.78. The van der Waals surface area contributed by atoms with Gasteiger partial charge in [-0.3, -0.25) is 0 Å². The summed E-state index contributed by atoms with van der Waals surface area (Å²) in [6.07, 6.45) is 8.41. The molecule has 1 aliphatic heterocycles. The van der Waals surface area contributed by atoms with E-state index >= 15 is 0 Å². The Labute approximate surface area is 114 Å². The highest BCUT2D eigenvalue weighted by atomic mass is 16.8. The van der Waals surface area contributed by atoms with Gasteiger partial charge in [-0.2, -0.15) is 0 Å². The molecule has 1 atom stereocenters. The fraction of sp³-hybridized carbons (Fsp3) is 0.812. The zero-order chi connectivity index (χ0) is 13.3. The second-order valence-corrected chi connectivity index (χ2v) is 7.22. The van der Waals surface area contributed by atoms with Gasteiger partial charge < -0.3 is 9.47 Å². The molecule has 0 amide bonds. The van der Waals surface area contributed by atoms with Crippen LogP contribution in [0.5, 0.6) is 0 Å². The van der Waals surface area contributed by atoms with Crippen molar-refractivity contribution >= 4 is 5.97 Å². The van der Waals surface area contributed by atoms with E-state index in [9.17, 15) is 4.79 Å². The molecular weight excluding hydrogens is 240 g/mol. The lowest BCUT2D eigenvalue weighted by atomic mass is 9.47. The van der Waals surface area contributed by atoms with Gasteiger partial charge in [-0.05, 0) is 62.9 Å². The highest BCUT2D eigenvalue weighted by Crippen LogP contribution is 2.66. The molecule has 4 bridgehead atoms. The Balaban J connectivity index is 1.74. The smallest absolute Gasteiger partial charge is 0.376 e. The minimum absolute atomic E-state index is 0.0611. The van der Waals surface area contributed by atoms with E-state index in [-0.39, 0.29) is 17.1 Å². The number of esters is 1. The first-order chi connectivity index (χ1) is 9.06. The van der Waals surface area contributed by atoms with E-state index in [1.807, 2.05) is 0 Å². The molecule has 0 N–H and O–H groups in total. The van der Waals surface area contributed by atoms with Gasteiger partial charge in [0.2, 0.25) is 5.76 Å². The van der Waals surface area contributed by atoms with Crippen LogP contribution in [0.2, 0.25) is 0 Å². The van der Waals surface area contributed by atoms with E-state index in [0.717, 1.165) is 24.2 Å². The van der Waals surface area contributed by atoms with Gasteiger partial charge in [0.25, 0.3) is 5.79 Å². The average Bonchev–Trinajstić information content (AvgIpc) is 2.65. The summed E-state index contributed by atoms with van der Waals surface area (Å²) in [5.74, 6) is 1.62. The summed E-state index contributed by atoms with van der Waals surface area (Å²) < 4.78 is 11.7. The maximum absolute atomic E-state index is 11.8. The maximum Gasteiger partial charge on any atom is 0.376 e. The van der Waals surface area contributed by atoms with Crippen LogP contribution in [0.15, 0.2) is 12.3 Å². The van der Waals surface area contributed by atoms with Crippen molar-refractivity contribution in [3.63, 3.8) is 0 Å². The first-order valence-corrected chi connectivity index (χ1v) is 7.67.